The first-order valence-electron chi connectivity index (χ1n) is 36.1. The summed E-state index contributed by atoms with van der Waals surface area (Å²) in [6.07, 6.45) is -4.62. The van der Waals surface area contributed by atoms with Crippen LogP contribution in [-0.2, 0) is 6.18 Å². The van der Waals surface area contributed by atoms with E-state index in [1.165, 1.54) is 45.2 Å². The quantitative estimate of drug-likeness (QED) is 0.129. The molecule has 502 valence electrons. The molecule has 0 unspecified atom stereocenters. The van der Waals surface area contributed by atoms with Crippen molar-refractivity contribution in [1.29, 1.82) is 0 Å². The van der Waals surface area contributed by atoms with E-state index in [1.54, 1.807) is 12.1 Å². The lowest BCUT2D eigenvalue weighted by molar-refractivity contribution is -0.137. The van der Waals surface area contributed by atoms with Crippen LogP contribution in [0.25, 0.3) is 182 Å². The predicted molar refractivity (Wildman–Crippen MR) is 435 cm³/mol. The van der Waals surface area contributed by atoms with Crippen molar-refractivity contribution in [2.24, 2.45) is 0 Å². The molecule has 0 atom stereocenters. The van der Waals surface area contributed by atoms with E-state index >= 15 is 13.2 Å². The molecule has 2 aliphatic rings. The lowest BCUT2D eigenvalue weighted by atomic mass is 9.95. The van der Waals surface area contributed by atoms with Crippen LogP contribution in [0.1, 0.15) is 5.56 Å². The van der Waals surface area contributed by atoms with Crippen molar-refractivity contribution in [3.8, 4) is 94.7 Å². The molecule has 0 amide bonds. The molecular formula is C99H58F3N3O2. The average Bonchev–Trinajstić information content (AvgIpc) is 1.52. The van der Waals surface area contributed by atoms with Crippen molar-refractivity contribution in [2.75, 3.05) is 9.80 Å². The predicted octanol–water partition coefficient (Wildman–Crippen LogP) is 28.8. The molecule has 3 aromatic heterocycles. The van der Waals surface area contributed by atoms with Gasteiger partial charge in [-0.25, -0.2) is 0 Å². The molecular weight excluding hydrogens is 1320 g/mol. The van der Waals surface area contributed by atoms with E-state index in [4.69, 9.17) is 8.83 Å². The second kappa shape index (κ2) is 23.3. The van der Waals surface area contributed by atoms with Gasteiger partial charge in [-0.3, -0.25) is 0 Å². The first-order valence-corrected chi connectivity index (χ1v) is 36.1. The topological polar surface area (TPSA) is 37.7 Å². The van der Waals surface area contributed by atoms with Crippen molar-refractivity contribution in [1.82, 2.24) is 4.57 Å². The Morgan fingerprint density at radius 2 is 0.589 bits per heavy atom. The van der Waals surface area contributed by atoms with E-state index in [2.05, 4.69) is 293 Å². The van der Waals surface area contributed by atoms with Crippen LogP contribution in [0.15, 0.2) is 361 Å². The van der Waals surface area contributed by atoms with Gasteiger partial charge in [0.1, 0.15) is 11.2 Å². The summed E-state index contributed by atoms with van der Waals surface area (Å²) in [6, 6.07) is 122. The van der Waals surface area contributed by atoms with Crippen LogP contribution in [-0.4, -0.2) is 4.57 Å². The summed E-state index contributed by atoms with van der Waals surface area (Å²) in [6.45, 7) is 0. The molecule has 22 rings (SSSR count). The molecule has 8 heteroatoms. The smallest absolute Gasteiger partial charge is 0.416 e. The fourth-order valence-corrected chi connectivity index (χ4v) is 17.5. The Bertz CT molecular complexity index is 6590. The number of furan rings is 2. The molecule has 3 heterocycles. The van der Waals surface area contributed by atoms with Gasteiger partial charge >= 0.3 is 6.18 Å². The molecule has 20 aromatic rings. The van der Waals surface area contributed by atoms with E-state index < -0.39 is 11.7 Å². The highest BCUT2D eigenvalue weighted by atomic mass is 19.4. The van der Waals surface area contributed by atoms with E-state index in [0.717, 1.165) is 144 Å². The number of fused-ring (bicyclic) bond motifs is 17. The summed E-state index contributed by atoms with van der Waals surface area (Å²) >= 11 is 0. The molecule has 0 spiro atoms. The van der Waals surface area contributed by atoms with Crippen LogP contribution in [0.2, 0.25) is 0 Å². The van der Waals surface area contributed by atoms with Crippen molar-refractivity contribution in [3.05, 3.63) is 357 Å². The third-order valence-corrected chi connectivity index (χ3v) is 22.1. The Labute approximate surface area is 612 Å². The highest BCUT2D eigenvalue weighted by molar-refractivity contribution is 6.38. The molecule has 0 saturated heterocycles. The molecule has 0 N–H and O–H groups in total. The van der Waals surface area contributed by atoms with E-state index in [-0.39, 0.29) is 0 Å². The minimum Gasteiger partial charge on any atom is -0.454 e. The Morgan fingerprint density at radius 3 is 0.972 bits per heavy atom. The van der Waals surface area contributed by atoms with Gasteiger partial charge in [0.05, 0.1) is 28.0 Å². The monoisotopic (exact) mass is 1380 g/mol. The lowest BCUT2D eigenvalue weighted by Crippen LogP contribution is -2.12. The third kappa shape index (κ3) is 9.38. The highest BCUT2D eigenvalue weighted by Gasteiger charge is 2.35. The largest absolute Gasteiger partial charge is 0.454 e. The summed E-state index contributed by atoms with van der Waals surface area (Å²) in [4.78, 5) is 4.71. The average molecular weight is 1380 g/mol. The van der Waals surface area contributed by atoms with Crippen molar-refractivity contribution >= 4 is 121 Å². The summed E-state index contributed by atoms with van der Waals surface area (Å²) in [7, 11) is 0. The lowest BCUT2D eigenvalue weighted by Gasteiger charge is -2.28. The summed E-state index contributed by atoms with van der Waals surface area (Å²) in [5, 5.41) is 9.59. The minimum absolute atomic E-state index is 0.521. The van der Waals surface area contributed by atoms with Crippen LogP contribution in [0.3, 0.4) is 0 Å². The first-order chi connectivity index (χ1) is 52.7. The number of hydrogen-bond donors (Lipinski definition) is 0. The Balaban J connectivity index is 0.916. The van der Waals surface area contributed by atoms with Crippen LogP contribution < -0.4 is 9.80 Å². The Hall–Kier alpha value is -14.0. The van der Waals surface area contributed by atoms with Gasteiger partial charge in [-0.05, 0) is 220 Å². The number of halogens is 3. The van der Waals surface area contributed by atoms with Gasteiger partial charge < -0.3 is 23.2 Å². The van der Waals surface area contributed by atoms with Crippen LogP contribution >= 0.6 is 0 Å². The SMILES string of the molecule is FC(F)(F)c1ccc(-n2c3cc(N(c4cc(-c5ccccc5)cc(-c5ccccc5)c4)c4cc5c6c(cccc6c4)-c4ccccc4-5)c4oc5ccccc5c4c3c3c4c(oc5ccccc54)c(N(c4cc(-c5ccccc5)cc(-c5ccccc5)c4)c4cc5c6c(cccc6c4)-c4ccccc4-5)cc32)cc1. The summed E-state index contributed by atoms with van der Waals surface area (Å²) in [5.41, 5.74) is 26.1. The zero-order valence-corrected chi connectivity index (χ0v) is 57.3. The molecule has 107 heavy (non-hydrogen) atoms. The number of benzene rings is 17. The molecule has 0 radical (unpaired) electrons. The number of hydrogen-bond acceptors (Lipinski definition) is 4. The highest BCUT2D eigenvalue weighted by Crippen LogP contribution is 2.58. The fraction of sp³-hybridized carbons (Fsp3) is 0.0101. The number of anilines is 6. The van der Waals surface area contributed by atoms with Crippen LogP contribution in [0, 0.1) is 0 Å². The zero-order chi connectivity index (χ0) is 70.8. The van der Waals surface area contributed by atoms with Crippen molar-refractivity contribution in [2.45, 2.75) is 6.18 Å². The standard InChI is InChI=1S/C99H58F3N3O2/c100-99(101,102)69-43-45-70(46-44-69)105-85-57-87(103(73-49-63-31-21-39-79-75-33-13-15-35-77(75)83(55-73)91(63)79)71-51-65(59-23-5-1-6-24-59)47-66(52-71)60-25-7-2-8-26-60)97-93(81-37-17-19-41-89(81)106-97)95(85)96-86(105)58-88(98-94(96)82-38-18-20-42-90(82)107-98)104(74-50-64-32-22-40-80-76-34-14-16-36-78(76)84(56-74)92(64)80)72-53-67(61-27-9-3-10-28-61)48-68(54-72)62-29-11-4-12-30-62/h1-58H. The van der Waals surface area contributed by atoms with Crippen molar-refractivity contribution in [3.63, 3.8) is 0 Å². The van der Waals surface area contributed by atoms with Gasteiger partial charge in [-0.15, -0.1) is 0 Å². The minimum atomic E-state index is -4.62. The molecule has 0 aliphatic heterocycles. The number of nitrogens with zero attached hydrogens (tertiary/aromatic N) is 3. The third-order valence-electron chi connectivity index (χ3n) is 22.1. The number of aromatic nitrogens is 1. The first kappa shape index (κ1) is 60.6. The van der Waals surface area contributed by atoms with Gasteiger partial charge in [-0.1, -0.05) is 243 Å². The molecule has 0 bridgehead atoms. The number of rotatable bonds is 11. The molecule has 17 aromatic carbocycles. The molecule has 0 saturated carbocycles. The molecule has 2 aliphatic carbocycles. The van der Waals surface area contributed by atoms with E-state index in [9.17, 15) is 0 Å². The van der Waals surface area contributed by atoms with Gasteiger partial charge in [-0.2, -0.15) is 13.2 Å². The maximum absolute atomic E-state index is 15.3. The van der Waals surface area contributed by atoms with Gasteiger partial charge in [0.2, 0.25) is 0 Å². The normalized spacial score (nSPS) is 12.3. The van der Waals surface area contributed by atoms with Crippen molar-refractivity contribution < 1.29 is 22.0 Å². The second-order valence-electron chi connectivity index (χ2n) is 28.1. The Kier molecular flexibility index (Phi) is 13.2. The van der Waals surface area contributed by atoms with Gasteiger partial charge in [0, 0.05) is 60.8 Å². The van der Waals surface area contributed by atoms with E-state index in [1.807, 2.05) is 48.5 Å². The second-order valence-corrected chi connectivity index (χ2v) is 28.1. The summed E-state index contributed by atoms with van der Waals surface area (Å²) in [5.74, 6) is 0. The summed E-state index contributed by atoms with van der Waals surface area (Å²) < 4.78 is 63.2. The molecule has 5 nitrogen and oxygen atoms in total. The number of para-hydroxylation sites is 2. The van der Waals surface area contributed by atoms with Crippen LogP contribution in [0.4, 0.5) is 47.3 Å². The van der Waals surface area contributed by atoms with Crippen LogP contribution in [0.5, 0.6) is 0 Å². The Morgan fingerprint density at radius 1 is 0.252 bits per heavy atom. The van der Waals surface area contributed by atoms with E-state index in [0.29, 0.717) is 39.4 Å². The maximum Gasteiger partial charge on any atom is 0.416 e. The zero-order valence-electron chi connectivity index (χ0n) is 57.3. The fourth-order valence-electron chi connectivity index (χ4n) is 17.5. The number of alkyl halides is 3. The van der Waals surface area contributed by atoms with Gasteiger partial charge in [0.25, 0.3) is 0 Å². The molecule has 0 fully saturated rings. The van der Waals surface area contributed by atoms with Gasteiger partial charge in [0.15, 0.2) is 11.2 Å². The maximum atomic E-state index is 15.3.